The number of nitriles is 1. The molecule has 0 amide bonds. The van der Waals surface area contributed by atoms with Crippen molar-refractivity contribution in [2.24, 2.45) is 5.73 Å². The Morgan fingerprint density at radius 2 is 2.24 bits per heavy atom. The molecule has 0 aliphatic carbocycles. The van der Waals surface area contributed by atoms with Gasteiger partial charge in [0, 0.05) is 6.20 Å². The molecule has 1 rings (SSSR count). The fourth-order valence-corrected chi connectivity index (χ4v) is 1.20. The molecule has 0 radical (unpaired) electrons. The van der Waals surface area contributed by atoms with E-state index >= 15 is 0 Å². The maximum Gasteiger partial charge on any atom is 0.328 e. The number of hydrogen-bond donors (Lipinski definition) is 1. The molecule has 0 aliphatic rings. The molecule has 0 aliphatic heterocycles. The van der Waals surface area contributed by atoms with Gasteiger partial charge in [0.1, 0.15) is 23.4 Å². The summed E-state index contributed by atoms with van der Waals surface area (Å²) in [6, 6.07) is 4.07. The van der Waals surface area contributed by atoms with Crippen LogP contribution in [-0.4, -0.2) is 16.6 Å². The first kappa shape index (κ1) is 13.1. The van der Waals surface area contributed by atoms with Gasteiger partial charge < -0.3 is 10.5 Å². The minimum absolute atomic E-state index is 0.224. The monoisotopic (exact) mass is 233 g/mol. The van der Waals surface area contributed by atoms with E-state index in [1.165, 1.54) is 12.3 Å². The standard InChI is InChI=1S/C12H15N3O2/c1-12(2,3)17-11(16)10(14)8-4-5-15-9(6-8)7-13/h4-6,10H,14H2,1-3H3. The van der Waals surface area contributed by atoms with E-state index in [1.54, 1.807) is 26.8 Å². The van der Waals surface area contributed by atoms with E-state index in [2.05, 4.69) is 4.98 Å². The molecule has 5 heteroatoms. The van der Waals surface area contributed by atoms with Crippen LogP contribution in [0.3, 0.4) is 0 Å². The Morgan fingerprint density at radius 1 is 1.59 bits per heavy atom. The van der Waals surface area contributed by atoms with Crippen LogP contribution in [-0.2, 0) is 9.53 Å². The van der Waals surface area contributed by atoms with Crippen LogP contribution in [0.4, 0.5) is 0 Å². The maximum atomic E-state index is 11.7. The van der Waals surface area contributed by atoms with Crippen molar-refractivity contribution in [3.05, 3.63) is 29.6 Å². The third-order valence-electron chi connectivity index (χ3n) is 1.92. The van der Waals surface area contributed by atoms with Crippen molar-refractivity contribution in [2.75, 3.05) is 0 Å². The molecule has 1 atom stereocenters. The lowest BCUT2D eigenvalue weighted by Crippen LogP contribution is -2.31. The average molecular weight is 233 g/mol. The zero-order valence-corrected chi connectivity index (χ0v) is 10.1. The first-order valence-corrected chi connectivity index (χ1v) is 5.18. The summed E-state index contributed by atoms with van der Waals surface area (Å²) in [5.74, 6) is -0.521. The zero-order chi connectivity index (χ0) is 13.1. The van der Waals surface area contributed by atoms with Gasteiger partial charge in [-0.05, 0) is 38.5 Å². The highest BCUT2D eigenvalue weighted by atomic mass is 16.6. The number of hydrogen-bond acceptors (Lipinski definition) is 5. The smallest absolute Gasteiger partial charge is 0.328 e. The Balaban J connectivity index is 2.86. The van der Waals surface area contributed by atoms with Gasteiger partial charge in [-0.2, -0.15) is 5.26 Å². The average Bonchev–Trinajstić information content (AvgIpc) is 2.26. The lowest BCUT2D eigenvalue weighted by Gasteiger charge is -2.22. The minimum atomic E-state index is -0.899. The Bertz CT molecular complexity index is 458. The molecule has 0 spiro atoms. The van der Waals surface area contributed by atoms with Crippen LogP contribution in [0.1, 0.15) is 38.1 Å². The van der Waals surface area contributed by atoms with E-state index in [9.17, 15) is 4.79 Å². The molecule has 5 nitrogen and oxygen atoms in total. The molecule has 1 heterocycles. The molecule has 2 N–H and O–H groups in total. The van der Waals surface area contributed by atoms with Crippen LogP contribution in [0.25, 0.3) is 0 Å². The molecule has 1 aromatic rings. The fraction of sp³-hybridized carbons (Fsp3) is 0.417. The predicted octanol–water partition coefficient (Wildman–Crippen LogP) is 1.29. The van der Waals surface area contributed by atoms with Crippen LogP contribution in [0, 0.1) is 11.3 Å². The molecular weight excluding hydrogens is 218 g/mol. The van der Waals surface area contributed by atoms with E-state index in [4.69, 9.17) is 15.7 Å². The van der Waals surface area contributed by atoms with Crippen molar-refractivity contribution in [1.82, 2.24) is 4.98 Å². The van der Waals surface area contributed by atoms with Crippen LogP contribution in [0.2, 0.25) is 0 Å². The molecule has 0 aromatic carbocycles. The predicted molar refractivity (Wildman–Crippen MR) is 61.7 cm³/mol. The molecule has 1 aromatic heterocycles. The van der Waals surface area contributed by atoms with Crippen LogP contribution in [0.5, 0.6) is 0 Å². The Hall–Kier alpha value is -1.93. The van der Waals surface area contributed by atoms with Gasteiger partial charge in [0.2, 0.25) is 0 Å². The summed E-state index contributed by atoms with van der Waals surface area (Å²) in [6.45, 7) is 5.31. The van der Waals surface area contributed by atoms with Gasteiger partial charge in [-0.15, -0.1) is 0 Å². The number of nitrogens with two attached hydrogens (primary N) is 1. The zero-order valence-electron chi connectivity index (χ0n) is 10.1. The van der Waals surface area contributed by atoms with Crippen molar-refractivity contribution in [1.29, 1.82) is 5.26 Å². The summed E-state index contributed by atoms with van der Waals surface area (Å²) < 4.78 is 5.16. The topological polar surface area (TPSA) is 89.0 Å². The summed E-state index contributed by atoms with van der Waals surface area (Å²) in [5.41, 5.74) is 5.92. The van der Waals surface area contributed by atoms with Crippen molar-refractivity contribution in [3.63, 3.8) is 0 Å². The van der Waals surface area contributed by atoms with Gasteiger partial charge in [0.25, 0.3) is 0 Å². The van der Waals surface area contributed by atoms with Crippen molar-refractivity contribution >= 4 is 5.97 Å². The van der Waals surface area contributed by atoms with E-state index in [0.717, 1.165) is 0 Å². The number of carbonyl (C=O) groups excluding carboxylic acids is 1. The summed E-state index contributed by atoms with van der Waals surface area (Å²) in [6.07, 6.45) is 1.44. The maximum absolute atomic E-state index is 11.7. The van der Waals surface area contributed by atoms with E-state index in [1.807, 2.05) is 6.07 Å². The summed E-state index contributed by atoms with van der Waals surface area (Å²) >= 11 is 0. The van der Waals surface area contributed by atoms with Crippen molar-refractivity contribution < 1.29 is 9.53 Å². The fourth-order valence-electron chi connectivity index (χ4n) is 1.20. The second-order valence-electron chi connectivity index (χ2n) is 4.60. The molecular formula is C12H15N3O2. The number of rotatable bonds is 2. The third-order valence-corrected chi connectivity index (χ3v) is 1.92. The van der Waals surface area contributed by atoms with Gasteiger partial charge in [0.15, 0.2) is 0 Å². The molecule has 0 saturated heterocycles. The number of carbonyl (C=O) groups is 1. The highest BCUT2D eigenvalue weighted by Gasteiger charge is 2.23. The molecule has 0 saturated carbocycles. The van der Waals surface area contributed by atoms with Gasteiger partial charge in [-0.1, -0.05) is 0 Å². The normalized spacial score (nSPS) is 12.6. The SMILES string of the molecule is CC(C)(C)OC(=O)C(N)c1ccnc(C#N)c1. The molecule has 17 heavy (non-hydrogen) atoms. The van der Waals surface area contributed by atoms with Gasteiger partial charge in [0.05, 0.1) is 0 Å². The second kappa shape index (κ2) is 4.93. The highest BCUT2D eigenvalue weighted by molar-refractivity contribution is 5.77. The van der Waals surface area contributed by atoms with E-state index < -0.39 is 17.6 Å². The lowest BCUT2D eigenvalue weighted by atomic mass is 10.1. The lowest BCUT2D eigenvalue weighted by molar-refractivity contribution is -0.156. The third kappa shape index (κ3) is 3.85. The molecule has 90 valence electrons. The number of ether oxygens (including phenoxy) is 1. The summed E-state index contributed by atoms with van der Waals surface area (Å²) in [7, 11) is 0. The van der Waals surface area contributed by atoms with Gasteiger partial charge in [-0.3, -0.25) is 0 Å². The summed E-state index contributed by atoms with van der Waals surface area (Å²) in [4.78, 5) is 15.5. The highest BCUT2D eigenvalue weighted by Crippen LogP contribution is 2.16. The minimum Gasteiger partial charge on any atom is -0.459 e. The largest absolute Gasteiger partial charge is 0.459 e. The Kier molecular flexibility index (Phi) is 3.81. The first-order valence-electron chi connectivity index (χ1n) is 5.18. The van der Waals surface area contributed by atoms with Crippen LogP contribution in [0.15, 0.2) is 18.3 Å². The van der Waals surface area contributed by atoms with E-state index in [-0.39, 0.29) is 5.69 Å². The van der Waals surface area contributed by atoms with E-state index in [0.29, 0.717) is 5.56 Å². The van der Waals surface area contributed by atoms with Crippen LogP contribution < -0.4 is 5.73 Å². The van der Waals surface area contributed by atoms with Gasteiger partial charge in [-0.25, -0.2) is 9.78 Å². The van der Waals surface area contributed by atoms with Crippen LogP contribution >= 0.6 is 0 Å². The number of esters is 1. The molecule has 0 bridgehead atoms. The number of aromatic nitrogens is 1. The van der Waals surface area contributed by atoms with Crippen molar-refractivity contribution in [3.8, 4) is 6.07 Å². The Labute approximate surface area is 100 Å². The van der Waals surface area contributed by atoms with Gasteiger partial charge >= 0.3 is 5.97 Å². The quantitative estimate of drug-likeness (QED) is 0.777. The van der Waals surface area contributed by atoms with Crippen molar-refractivity contribution in [2.45, 2.75) is 32.4 Å². The Morgan fingerprint density at radius 3 is 2.76 bits per heavy atom. The molecule has 0 fully saturated rings. The molecule has 1 unspecified atom stereocenters. The first-order chi connectivity index (χ1) is 7.83. The number of nitrogens with zero attached hydrogens (tertiary/aromatic N) is 2. The summed E-state index contributed by atoms with van der Waals surface area (Å²) in [5, 5.41) is 8.70. The second-order valence-corrected chi connectivity index (χ2v) is 4.60. The number of pyridine rings is 1.